The number of anilines is 1. The fourth-order valence-corrected chi connectivity index (χ4v) is 5.83. The van der Waals surface area contributed by atoms with E-state index in [2.05, 4.69) is 5.32 Å². The van der Waals surface area contributed by atoms with Gasteiger partial charge in [0.05, 0.1) is 49.8 Å². The van der Waals surface area contributed by atoms with Crippen molar-refractivity contribution < 1.29 is 33.5 Å². The summed E-state index contributed by atoms with van der Waals surface area (Å²) in [4.78, 5) is 53.7. The van der Waals surface area contributed by atoms with Crippen molar-refractivity contribution in [3.63, 3.8) is 0 Å². The molecule has 2 heterocycles. The molecule has 2 amide bonds. The molecule has 0 saturated carbocycles. The number of methoxy groups -OCH3 is 3. The highest BCUT2D eigenvalue weighted by Gasteiger charge is 2.69. The van der Waals surface area contributed by atoms with Gasteiger partial charge in [0, 0.05) is 18.5 Å². The number of ether oxygens (including phenoxy) is 3. The van der Waals surface area contributed by atoms with Crippen molar-refractivity contribution >= 4 is 29.2 Å². The molecule has 2 aliphatic heterocycles. The normalized spacial score (nSPS) is 23.6. The molecule has 5 rings (SSSR count). The number of imide groups is 1. The van der Waals surface area contributed by atoms with Gasteiger partial charge in [-0.3, -0.25) is 29.8 Å². The molecule has 0 aliphatic carbocycles. The minimum Gasteiger partial charge on any atom is -0.497 e. The van der Waals surface area contributed by atoms with Crippen molar-refractivity contribution in [2.75, 3.05) is 26.2 Å². The first-order valence-electron chi connectivity index (χ1n) is 12.5. The molecule has 3 aromatic rings. The third-order valence-electron chi connectivity index (χ3n) is 7.62. The van der Waals surface area contributed by atoms with Crippen LogP contribution in [0.5, 0.6) is 11.5 Å². The van der Waals surface area contributed by atoms with Crippen LogP contribution in [0.15, 0.2) is 72.8 Å². The Morgan fingerprint density at radius 3 is 2.27 bits per heavy atom. The first-order chi connectivity index (χ1) is 19.2. The van der Waals surface area contributed by atoms with Gasteiger partial charge in [0.2, 0.25) is 11.8 Å². The molecule has 1 N–H and O–H groups in total. The molecule has 0 radical (unpaired) electrons. The van der Waals surface area contributed by atoms with Crippen LogP contribution >= 0.6 is 0 Å². The molecule has 2 saturated heterocycles. The van der Waals surface area contributed by atoms with Crippen LogP contribution in [0.4, 0.5) is 11.4 Å². The maximum absolute atomic E-state index is 14.2. The number of esters is 1. The number of nitrogens with zero attached hydrogens (tertiary/aromatic N) is 2. The number of carbonyl (C=O) groups excluding carboxylic acids is 3. The number of benzene rings is 3. The van der Waals surface area contributed by atoms with E-state index in [1.807, 2.05) is 30.3 Å². The molecule has 206 valence electrons. The minimum absolute atomic E-state index is 0.0171. The Labute approximate surface area is 229 Å². The van der Waals surface area contributed by atoms with E-state index in [4.69, 9.17) is 14.2 Å². The smallest absolute Gasteiger partial charge is 0.327 e. The summed E-state index contributed by atoms with van der Waals surface area (Å²) in [7, 11) is 4.07. The summed E-state index contributed by atoms with van der Waals surface area (Å²) in [5.74, 6) is -3.41. The van der Waals surface area contributed by atoms with Crippen LogP contribution in [0.2, 0.25) is 0 Å². The predicted octanol–water partition coefficient (Wildman–Crippen LogP) is 3.22. The number of nitrogens with one attached hydrogen (secondary N) is 1. The molecule has 2 aliphatic rings. The van der Waals surface area contributed by atoms with Crippen LogP contribution in [0.1, 0.15) is 17.2 Å². The van der Waals surface area contributed by atoms with Gasteiger partial charge in [-0.1, -0.05) is 42.5 Å². The summed E-state index contributed by atoms with van der Waals surface area (Å²) in [6.45, 7) is 0. The third kappa shape index (κ3) is 4.24. The predicted molar refractivity (Wildman–Crippen MR) is 143 cm³/mol. The van der Waals surface area contributed by atoms with Crippen LogP contribution < -0.4 is 19.7 Å². The largest absolute Gasteiger partial charge is 0.497 e. The number of hydrogen-bond acceptors (Lipinski definition) is 9. The van der Waals surface area contributed by atoms with E-state index >= 15 is 0 Å². The zero-order valence-corrected chi connectivity index (χ0v) is 22.0. The molecule has 0 spiro atoms. The van der Waals surface area contributed by atoms with Crippen LogP contribution in [-0.2, 0) is 25.5 Å². The van der Waals surface area contributed by atoms with Crippen LogP contribution in [0.25, 0.3) is 0 Å². The topological polar surface area (TPSA) is 137 Å². The fraction of sp³-hybridized carbons (Fsp3) is 0.276. The molecule has 11 nitrogen and oxygen atoms in total. The molecular formula is C29H27N3O8. The molecule has 0 unspecified atom stereocenters. The Hall–Kier alpha value is -4.77. The van der Waals surface area contributed by atoms with E-state index in [0.717, 1.165) is 16.5 Å². The average Bonchev–Trinajstić information content (AvgIpc) is 3.45. The summed E-state index contributed by atoms with van der Waals surface area (Å²) in [6.07, 6.45) is 0.0819. The number of rotatable bonds is 8. The van der Waals surface area contributed by atoms with Gasteiger partial charge in [-0.05, 0) is 29.3 Å². The van der Waals surface area contributed by atoms with E-state index in [1.54, 1.807) is 24.3 Å². The van der Waals surface area contributed by atoms with Gasteiger partial charge in [-0.25, -0.2) is 4.90 Å². The number of nitro groups is 1. The van der Waals surface area contributed by atoms with Gasteiger partial charge >= 0.3 is 5.97 Å². The Kier molecular flexibility index (Phi) is 6.99. The summed E-state index contributed by atoms with van der Waals surface area (Å²) in [5, 5.41) is 14.7. The highest BCUT2D eigenvalue weighted by atomic mass is 16.6. The maximum Gasteiger partial charge on any atom is 0.327 e. The van der Waals surface area contributed by atoms with Crippen LogP contribution in [0, 0.1) is 22.0 Å². The quantitative estimate of drug-likeness (QED) is 0.196. The SMILES string of the molecule is COC(=O)[C@]1(Cc2ccccc2)N[C@H](c2ccc(OC)cc2)[C@@H]2C(=O)N(c3ccc([N+](=O)[O-])cc3OC)C(=O)[C@H]21. The standard InChI is InChI=1S/C29H27N3O8/c1-38-20-12-9-18(10-13-20)25-23-24(29(30-25,28(35)40-3)16-17-7-5-4-6-8-17)27(34)31(26(23)33)21-14-11-19(32(36)37)15-22(21)39-2/h4-15,23-25,30H,16H2,1-3H3/t23-,24+,25-,29-/m1/s1. The zero-order valence-electron chi connectivity index (χ0n) is 22.0. The number of carbonyl (C=O) groups is 3. The second-order valence-electron chi connectivity index (χ2n) is 9.65. The zero-order chi connectivity index (χ0) is 28.6. The Balaban J connectivity index is 1.67. The molecule has 0 bridgehead atoms. The fourth-order valence-electron chi connectivity index (χ4n) is 5.83. The van der Waals surface area contributed by atoms with Crippen LogP contribution in [0.3, 0.4) is 0 Å². The summed E-state index contributed by atoms with van der Waals surface area (Å²) < 4.78 is 15.9. The van der Waals surface area contributed by atoms with Crippen molar-refractivity contribution in [2.24, 2.45) is 11.8 Å². The lowest BCUT2D eigenvalue weighted by Gasteiger charge is -2.33. The molecule has 3 aromatic carbocycles. The number of nitro benzene ring substituents is 1. The van der Waals surface area contributed by atoms with E-state index in [-0.39, 0.29) is 23.5 Å². The van der Waals surface area contributed by atoms with Crippen molar-refractivity contribution in [3.8, 4) is 11.5 Å². The Bertz CT molecular complexity index is 1480. The van der Waals surface area contributed by atoms with Gasteiger partial charge < -0.3 is 14.2 Å². The van der Waals surface area contributed by atoms with E-state index < -0.39 is 46.1 Å². The number of non-ortho nitro benzene ring substituents is 1. The first-order valence-corrected chi connectivity index (χ1v) is 12.5. The monoisotopic (exact) mass is 545 g/mol. The summed E-state index contributed by atoms with van der Waals surface area (Å²) >= 11 is 0. The van der Waals surface area contributed by atoms with Crippen molar-refractivity contribution in [3.05, 3.63) is 94.0 Å². The van der Waals surface area contributed by atoms with Gasteiger partial charge in [0.1, 0.15) is 17.0 Å². The minimum atomic E-state index is -1.58. The van der Waals surface area contributed by atoms with E-state index in [1.165, 1.54) is 33.5 Å². The molecule has 0 aromatic heterocycles. The lowest BCUT2D eigenvalue weighted by molar-refractivity contribution is -0.384. The molecule has 11 heteroatoms. The van der Waals surface area contributed by atoms with Crippen molar-refractivity contribution in [2.45, 2.75) is 18.0 Å². The third-order valence-corrected chi connectivity index (χ3v) is 7.62. The molecule has 2 fully saturated rings. The Morgan fingerprint density at radius 2 is 1.68 bits per heavy atom. The lowest BCUT2D eigenvalue weighted by Crippen LogP contribution is -2.57. The first kappa shape index (κ1) is 26.8. The second-order valence-corrected chi connectivity index (χ2v) is 9.65. The second kappa shape index (κ2) is 10.4. The van der Waals surface area contributed by atoms with Gasteiger partial charge in [-0.2, -0.15) is 0 Å². The number of hydrogen-bond donors (Lipinski definition) is 1. The van der Waals surface area contributed by atoms with Gasteiger partial charge in [0.15, 0.2) is 0 Å². The molecule has 4 atom stereocenters. The van der Waals surface area contributed by atoms with Crippen molar-refractivity contribution in [1.29, 1.82) is 0 Å². The van der Waals surface area contributed by atoms with Gasteiger partial charge in [-0.15, -0.1) is 0 Å². The van der Waals surface area contributed by atoms with E-state index in [9.17, 15) is 24.5 Å². The number of amides is 2. The molecular weight excluding hydrogens is 518 g/mol. The lowest BCUT2D eigenvalue weighted by atomic mass is 9.76. The highest BCUT2D eigenvalue weighted by molar-refractivity contribution is 6.25. The van der Waals surface area contributed by atoms with Crippen molar-refractivity contribution in [1.82, 2.24) is 5.32 Å². The highest BCUT2D eigenvalue weighted by Crippen LogP contribution is 2.52. The average molecular weight is 546 g/mol. The van der Waals surface area contributed by atoms with Crippen LogP contribution in [-0.4, -0.2) is 49.6 Å². The number of fused-ring (bicyclic) bond motifs is 1. The van der Waals surface area contributed by atoms with Gasteiger partial charge in [0.25, 0.3) is 5.69 Å². The molecule has 40 heavy (non-hydrogen) atoms. The van der Waals surface area contributed by atoms with E-state index in [0.29, 0.717) is 11.3 Å². The Morgan fingerprint density at radius 1 is 0.975 bits per heavy atom. The summed E-state index contributed by atoms with van der Waals surface area (Å²) in [5.41, 5.74) is -0.342. The maximum atomic E-state index is 14.2. The summed E-state index contributed by atoms with van der Waals surface area (Å²) in [6, 6.07) is 19.1.